The first-order valence-corrected chi connectivity index (χ1v) is 22.2. The average Bonchev–Trinajstić information content (AvgIpc) is 2.96. The molecule has 0 aliphatic carbocycles. The van der Waals surface area contributed by atoms with Gasteiger partial charge in [-0.1, -0.05) is 160 Å². The second-order valence-corrected chi connectivity index (χ2v) is 25.4. The van der Waals surface area contributed by atoms with Gasteiger partial charge < -0.3 is 8.99 Å². The van der Waals surface area contributed by atoms with Crippen LogP contribution in [-0.4, -0.2) is 22.6 Å². The van der Waals surface area contributed by atoms with Gasteiger partial charge in [0.05, 0.1) is 14.2 Å². The van der Waals surface area contributed by atoms with Crippen molar-refractivity contribution in [3.8, 4) is 0 Å². The summed E-state index contributed by atoms with van der Waals surface area (Å²) in [7, 11) is -7.47. The van der Waals surface area contributed by atoms with Crippen LogP contribution in [0.25, 0.3) is 0 Å². The molecular weight excluding hydrogens is 540 g/mol. The Hall–Kier alpha value is -2.50. The summed E-state index contributed by atoms with van der Waals surface area (Å²) in [6.07, 6.45) is 0.397. The largest absolute Gasteiger partial charge is 0.410 e. The van der Waals surface area contributed by atoms with Crippen LogP contribution in [0.4, 0.5) is 0 Å². The Morgan fingerprint density at radius 3 is 1.48 bits per heavy atom. The highest BCUT2D eigenvalue weighted by Crippen LogP contribution is 2.54. The molecule has 0 amide bonds. The number of hydrogen-bond donors (Lipinski definition) is 0. The number of hydrogen-bond acceptors (Lipinski definition) is 2. The molecule has 0 unspecified atom stereocenters. The van der Waals surface area contributed by atoms with Crippen molar-refractivity contribution in [2.75, 3.05) is 6.16 Å². The molecule has 0 fully saturated rings. The van der Waals surface area contributed by atoms with E-state index in [1.165, 1.54) is 10.8 Å². The molecule has 5 heteroatoms. The van der Waals surface area contributed by atoms with Gasteiger partial charge in [0.2, 0.25) is 0 Å². The van der Waals surface area contributed by atoms with Gasteiger partial charge >= 0.3 is 0 Å². The maximum Gasteiger partial charge on any atom is 0.192 e. The zero-order chi connectivity index (χ0) is 29.0. The quantitative estimate of drug-likeness (QED) is 0.138. The molecule has 4 rings (SSSR count). The van der Waals surface area contributed by atoms with Crippen molar-refractivity contribution in [1.82, 2.24) is 0 Å². The van der Waals surface area contributed by atoms with Crippen molar-refractivity contribution < 1.29 is 8.99 Å². The molecule has 0 radical (unpaired) electrons. The summed E-state index contributed by atoms with van der Waals surface area (Å²) in [4.78, 5) is 0. The first-order chi connectivity index (χ1) is 18.9. The third-order valence-corrected chi connectivity index (χ3v) is 21.1. The normalized spacial score (nSPS) is 14.5. The molecule has 0 aromatic heterocycles. The average molecular weight is 585 g/mol. The van der Waals surface area contributed by atoms with E-state index < -0.39 is 23.5 Å². The minimum Gasteiger partial charge on any atom is -0.410 e. The molecule has 2 atom stereocenters. The molecule has 0 N–H and O–H groups in total. The van der Waals surface area contributed by atoms with Gasteiger partial charge in [0.15, 0.2) is 8.32 Å². The Labute approximate surface area is 244 Å². The van der Waals surface area contributed by atoms with Crippen LogP contribution >= 0.6 is 7.14 Å². The van der Waals surface area contributed by atoms with Crippen LogP contribution in [0.2, 0.25) is 36.8 Å². The van der Waals surface area contributed by atoms with Crippen LogP contribution < -0.4 is 15.8 Å². The first kappa shape index (κ1) is 30.5. The molecule has 0 heterocycles. The lowest BCUT2D eigenvalue weighted by molar-refractivity contribution is 0.178. The van der Waals surface area contributed by atoms with Gasteiger partial charge in [0, 0.05) is 16.8 Å². The molecule has 0 aliphatic rings. The maximum absolute atomic E-state index is 15.6. The van der Waals surface area contributed by atoms with E-state index >= 15 is 4.57 Å². The van der Waals surface area contributed by atoms with Crippen molar-refractivity contribution in [1.29, 1.82) is 0 Å². The zero-order valence-corrected chi connectivity index (χ0v) is 28.1. The Morgan fingerprint density at radius 2 is 1.05 bits per heavy atom. The molecule has 2 nitrogen and oxygen atoms in total. The van der Waals surface area contributed by atoms with E-state index in [4.69, 9.17) is 4.43 Å². The van der Waals surface area contributed by atoms with Crippen molar-refractivity contribution in [3.63, 3.8) is 0 Å². The van der Waals surface area contributed by atoms with Crippen molar-refractivity contribution in [2.45, 2.75) is 63.6 Å². The fourth-order valence-corrected chi connectivity index (χ4v) is 14.6. The van der Waals surface area contributed by atoms with E-state index in [1.807, 2.05) is 60.7 Å². The molecule has 0 spiro atoms. The van der Waals surface area contributed by atoms with E-state index in [1.54, 1.807) is 0 Å². The van der Waals surface area contributed by atoms with Crippen LogP contribution in [0.15, 0.2) is 121 Å². The standard InChI is InChI=1S/C35H45O2PSi2/c1-35(2,3)40(6,7)37-34(29-20-12-8-13-21-29)33(39(4,5)32-26-18-11-19-27-32)28-38(36,30-22-14-9-15-23-30)31-24-16-10-17-25-31/h8-27,33-34H,28H2,1-7H3/t33-,34+/m0/s1. The van der Waals surface area contributed by atoms with E-state index in [9.17, 15) is 0 Å². The lowest BCUT2D eigenvalue weighted by atomic mass is 10.1. The van der Waals surface area contributed by atoms with Gasteiger partial charge in [-0.2, -0.15) is 0 Å². The summed E-state index contributed by atoms with van der Waals surface area (Å²) in [6.45, 7) is 16.5. The predicted molar refractivity (Wildman–Crippen MR) is 179 cm³/mol. The van der Waals surface area contributed by atoms with Gasteiger partial charge in [-0.15, -0.1) is 0 Å². The highest BCUT2D eigenvalue weighted by Gasteiger charge is 2.48. The van der Waals surface area contributed by atoms with E-state index in [0.29, 0.717) is 6.16 Å². The van der Waals surface area contributed by atoms with Gasteiger partial charge in [-0.25, -0.2) is 0 Å². The Balaban J connectivity index is 1.97. The molecule has 0 aliphatic heterocycles. The van der Waals surface area contributed by atoms with Crippen LogP contribution in [0.5, 0.6) is 0 Å². The molecule has 40 heavy (non-hydrogen) atoms. The molecule has 210 valence electrons. The number of benzene rings is 4. The van der Waals surface area contributed by atoms with Crippen LogP contribution in [0, 0.1) is 0 Å². The second-order valence-electron chi connectivity index (χ2n) is 13.0. The van der Waals surface area contributed by atoms with Crippen molar-refractivity contribution in [3.05, 3.63) is 127 Å². The van der Waals surface area contributed by atoms with Crippen LogP contribution in [0.3, 0.4) is 0 Å². The topological polar surface area (TPSA) is 26.3 Å². The van der Waals surface area contributed by atoms with E-state index in [2.05, 4.69) is 108 Å². The van der Waals surface area contributed by atoms with Gasteiger partial charge in [0.25, 0.3) is 0 Å². The lowest BCUT2D eigenvalue weighted by Gasteiger charge is -2.46. The summed E-state index contributed by atoms with van der Waals surface area (Å²) < 4.78 is 23.0. The summed E-state index contributed by atoms with van der Waals surface area (Å²) in [5, 5.41) is 3.25. The summed E-state index contributed by atoms with van der Waals surface area (Å²) in [5.74, 6) is 0. The second kappa shape index (κ2) is 12.2. The predicted octanol–water partition coefficient (Wildman–Crippen LogP) is 8.75. The first-order valence-electron chi connectivity index (χ1n) is 14.3. The van der Waals surface area contributed by atoms with Crippen LogP contribution in [-0.2, 0) is 8.99 Å². The van der Waals surface area contributed by atoms with E-state index in [-0.39, 0.29) is 16.7 Å². The fourth-order valence-electron chi connectivity index (χ4n) is 5.28. The van der Waals surface area contributed by atoms with Gasteiger partial charge in [0.1, 0.15) is 7.14 Å². The van der Waals surface area contributed by atoms with Crippen LogP contribution in [0.1, 0.15) is 32.4 Å². The summed E-state index contributed by atoms with van der Waals surface area (Å²) >= 11 is 0. The molecule has 4 aromatic rings. The van der Waals surface area contributed by atoms with Gasteiger partial charge in [-0.05, 0) is 29.2 Å². The third kappa shape index (κ3) is 6.52. The third-order valence-electron chi connectivity index (χ3n) is 8.97. The maximum atomic E-state index is 15.6. The molecule has 0 saturated carbocycles. The van der Waals surface area contributed by atoms with Crippen molar-refractivity contribution in [2.24, 2.45) is 0 Å². The van der Waals surface area contributed by atoms with E-state index in [0.717, 1.165) is 10.6 Å². The van der Waals surface area contributed by atoms with Gasteiger partial charge in [-0.3, -0.25) is 0 Å². The monoisotopic (exact) mass is 584 g/mol. The Bertz CT molecular complexity index is 1360. The molecule has 0 bridgehead atoms. The highest BCUT2D eigenvalue weighted by atomic mass is 31.2. The SMILES string of the molecule is CC(C)(C)[Si](C)(C)O[C@H](c1ccccc1)[C@H](CP(=O)(c1ccccc1)c1ccccc1)[Si](C)(C)c1ccccc1. The highest BCUT2D eigenvalue weighted by molar-refractivity contribution is 7.78. The lowest BCUT2D eigenvalue weighted by Crippen LogP contribution is -2.52. The zero-order valence-electron chi connectivity index (χ0n) is 25.2. The Morgan fingerprint density at radius 1 is 0.650 bits per heavy atom. The Kier molecular flexibility index (Phi) is 9.26. The summed E-state index contributed by atoms with van der Waals surface area (Å²) in [6, 6.07) is 41.9. The van der Waals surface area contributed by atoms with Crippen molar-refractivity contribution >= 4 is 39.3 Å². The smallest absolute Gasteiger partial charge is 0.192 e. The minimum atomic E-state index is -3.01. The fraction of sp³-hybridized carbons (Fsp3) is 0.314. The summed E-state index contributed by atoms with van der Waals surface area (Å²) in [5.41, 5.74) is 1.25. The minimum absolute atomic E-state index is 0.0472. The molecule has 4 aromatic carbocycles. The number of rotatable bonds is 10. The molecule has 0 saturated heterocycles. The molecular formula is C35H45O2PSi2.